The molecule has 0 bridgehead atoms. The Hall–Kier alpha value is -2.54. The van der Waals surface area contributed by atoms with Gasteiger partial charge in [0.05, 0.1) is 13.7 Å². The molecule has 7 heteroatoms. The average molecular weight is 478 g/mol. The minimum Gasteiger partial charge on any atom is -0.497 e. The van der Waals surface area contributed by atoms with Gasteiger partial charge in [0.1, 0.15) is 24.0 Å². The molecular weight excluding hydrogens is 450 g/mol. The molecule has 2 aromatic rings. The van der Waals surface area contributed by atoms with Gasteiger partial charge in [-0.15, -0.1) is 0 Å². The lowest BCUT2D eigenvalue weighted by Crippen LogP contribution is -2.45. The SMILES string of the molecule is COc1ccc(Br)c(CN(C(=O)OCc2ccccc2)C(C)C(=O)OC(C)(C)C)c1. The van der Waals surface area contributed by atoms with Crippen molar-refractivity contribution in [2.24, 2.45) is 0 Å². The van der Waals surface area contributed by atoms with E-state index in [9.17, 15) is 9.59 Å². The fourth-order valence-corrected chi connectivity index (χ4v) is 3.03. The van der Waals surface area contributed by atoms with E-state index in [4.69, 9.17) is 14.2 Å². The standard InChI is InChI=1S/C23H28BrNO5/c1-16(21(26)30-23(2,3)4)25(14-18-13-19(28-5)11-12-20(18)24)22(27)29-15-17-9-7-6-8-10-17/h6-13,16H,14-15H2,1-5H3. The van der Waals surface area contributed by atoms with Crippen molar-refractivity contribution in [1.82, 2.24) is 4.90 Å². The van der Waals surface area contributed by atoms with Gasteiger partial charge in [-0.1, -0.05) is 46.3 Å². The summed E-state index contributed by atoms with van der Waals surface area (Å²) in [6.45, 7) is 7.24. The maximum atomic E-state index is 12.9. The molecule has 0 radical (unpaired) electrons. The number of hydrogen-bond donors (Lipinski definition) is 0. The van der Waals surface area contributed by atoms with Crippen molar-refractivity contribution in [1.29, 1.82) is 0 Å². The van der Waals surface area contributed by atoms with Gasteiger partial charge in [0.2, 0.25) is 0 Å². The number of benzene rings is 2. The number of carbonyl (C=O) groups excluding carboxylic acids is 2. The molecular formula is C23H28BrNO5. The quantitative estimate of drug-likeness (QED) is 0.504. The molecule has 0 N–H and O–H groups in total. The second-order valence-electron chi connectivity index (χ2n) is 7.83. The predicted octanol–water partition coefficient (Wildman–Crippen LogP) is 5.33. The Morgan fingerprint density at radius 2 is 1.77 bits per heavy atom. The van der Waals surface area contributed by atoms with Crippen molar-refractivity contribution in [2.45, 2.75) is 52.5 Å². The van der Waals surface area contributed by atoms with Crippen molar-refractivity contribution in [3.8, 4) is 5.75 Å². The Balaban J connectivity index is 2.24. The molecule has 1 unspecified atom stereocenters. The van der Waals surface area contributed by atoms with Gasteiger partial charge >= 0.3 is 12.1 Å². The number of esters is 1. The molecule has 6 nitrogen and oxygen atoms in total. The summed E-state index contributed by atoms with van der Waals surface area (Å²) in [4.78, 5) is 27.0. The summed E-state index contributed by atoms with van der Waals surface area (Å²) in [6, 6.07) is 14.0. The Bertz CT molecular complexity index is 864. The van der Waals surface area contributed by atoms with E-state index in [-0.39, 0.29) is 13.2 Å². The topological polar surface area (TPSA) is 65.1 Å². The lowest BCUT2D eigenvalue weighted by molar-refractivity contribution is -0.160. The van der Waals surface area contributed by atoms with Gasteiger partial charge in [0, 0.05) is 4.47 Å². The fourth-order valence-electron chi connectivity index (χ4n) is 2.66. The normalized spacial score (nSPS) is 12.1. The number of methoxy groups -OCH3 is 1. The van der Waals surface area contributed by atoms with Gasteiger partial charge in [-0.05, 0) is 57.0 Å². The number of halogens is 1. The molecule has 0 saturated carbocycles. The van der Waals surface area contributed by atoms with E-state index >= 15 is 0 Å². The van der Waals surface area contributed by atoms with Crippen LogP contribution in [0.5, 0.6) is 5.75 Å². The molecule has 2 aromatic carbocycles. The number of amides is 1. The van der Waals surface area contributed by atoms with Crippen LogP contribution in [0.15, 0.2) is 53.0 Å². The highest BCUT2D eigenvalue weighted by molar-refractivity contribution is 9.10. The predicted molar refractivity (Wildman–Crippen MR) is 118 cm³/mol. The van der Waals surface area contributed by atoms with E-state index in [0.29, 0.717) is 5.75 Å². The zero-order valence-electron chi connectivity index (χ0n) is 18.0. The van der Waals surface area contributed by atoms with Crippen molar-refractivity contribution < 1.29 is 23.8 Å². The third kappa shape index (κ3) is 7.06. The molecule has 0 saturated heterocycles. The van der Waals surface area contributed by atoms with Crippen LogP contribution in [0.2, 0.25) is 0 Å². The molecule has 0 aliphatic heterocycles. The third-order valence-corrected chi connectivity index (χ3v) is 5.02. The molecule has 2 rings (SSSR count). The number of carbonyl (C=O) groups is 2. The largest absolute Gasteiger partial charge is 0.497 e. The fraction of sp³-hybridized carbons (Fsp3) is 0.391. The Morgan fingerprint density at radius 1 is 1.10 bits per heavy atom. The third-order valence-electron chi connectivity index (χ3n) is 4.25. The summed E-state index contributed by atoms with van der Waals surface area (Å²) in [5.74, 6) is 0.147. The van der Waals surface area contributed by atoms with Crippen LogP contribution in [0.25, 0.3) is 0 Å². The molecule has 0 aliphatic rings. The lowest BCUT2D eigenvalue weighted by Gasteiger charge is -2.30. The zero-order valence-corrected chi connectivity index (χ0v) is 19.6. The van der Waals surface area contributed by atoms with Gasteiger partial charge in [0.25, 0.3) is 0 Å². The van der Waals surface area contributed by atoms with Crippen molar-refractivity contribution in [3.63, 3.8) is 0 Å². The molecule has 0 aliphatic carbocycles. The maximum absolute atomic E-state index is 12.9. The van der Waals surface area contributed by atoms with Gasteiger partial charge in [-0.2, -0.15) is 0 Å². The molecule has 0 fully saturated rings. The van der Waals surface area contributed by atoms with Crippen LogP contribution in [-0.2, 0) is 27.4 Å². The summed E-state index contributed by atoms with van der Waals surface area (Å²) in [5.41, 5.74) is 0.973. The van der Waals surface area contributed by atoms with E-state index in [2.05, 4.69) is 15.9 Å². The second-order valence-corrected chi connectivity index (χ2v) is 8.69. The molecule has 1 amide bonds. The van der Waals surface area contributed by atoms with E-state index < -0.39 is 23.7 Å². The van der Waals surface area contributed by atoms with Crippen LogP contribution >= 0.6 is 15.9 Å². The Labute approximate surface area is 186 Å². The monoisotopic (exact) mass is 477 g/mol. The maximum Gasteiger partial charge on any atom is 0.411 e. The van der Waals surface area contributed by atoms with Gasteiger partial charge in [0.15, 0.2) is 0 Å². The molecule has 162 valence electrons. The summed E-state index contributed by atoms with van der Waals surface area (Å²) >= 11 is 3.50. The Kier molecular flexibility index (Phi) is 8.29. The lowest BCUT2D eigenvalue weighted by atomic mass is 10.1. The van der Waals surface area contributed by atoms with Gasteiger partial charge < -0.3 is 14.2 Å². The summed E-state index contributed by atoms with van der Waals surface area (Å²) < 4.78 is 17.1. The molecule has 0 aromatic heterocycles. The highest BCUT2D eigenvalue weighted by atomic mass is 79.9. The first-order valence-electron chi connectivity index (χ1n) is 9.63. The minimum absolute atomic E-state index is 0.108. The van der Waals surface area contributed by atoms with Crippen LogP contribution in [-0.4, -0.2) is 35.7 Å². The van der Waals surface area contributed by atoms with Crippen LogP contribution in [0.3, 0.4) is 0 Å². The number of rotatable bonds is 7. The smallest absolute Gasteiger partial charge is 0.411 e. The summed E-state index contributed by atoms with van der Waals surface area (Å²) in [6.07, 6.45) is -0.605. The van der Waals surface area contributed by atoms with E-state index in [1.807, 2.05) is 48.5 Å². The molecule has 0 spiro atoms. The molecule has 30 heavy (non-hydrogen) atoms. The first-order chi connectivity index (χ1) is 14.1. The first-order valence-corrected chi connectivity index (χ1v) is 10.4. The second kappa shape index (κ2) is 10.5. The highest BCUT2D eigenvalue weighted by Gasteiger charge is 2.31. The number of nitrogens with zero attached hydrogens (tertiary/aromatic N) is 1. The van der Waals surface area contributed by atoms with Crippen LogP contribution < -0.4 is 4.74 Å². The molecule has 1 atom stereocenters. The van der Waals surface area contributed by atoms with Gasteiger partial charge in [-0.3, -0.25) is 4.90 Å². The summed E-state index contributed by atoms with van der Waals surface area (Å²) in [5, 5.41) is 0. The van der Waals surface area contributed by atoms with Crippen molar-refractivity contribution >= 4 is 28.0 Å². The van der Waals surface area contributed by atoms with Gasteiger partial charge in [-0.25, -0.2) is 9.59 Å². The first kappa shape index (κ1) is 23.7. The van der Waals surface area contributed by atoms with E-state index in [1.165, 1.54) is 4.90 Å². The van der Waals surface area contributed by atoms with Crippen molar-refractivity contribution in [2.75, 3.05) is 7.11 Å². The van der Waals surface area contributed by atoms with Crippen LogP contribution in [0.1, 0.15) is 38.8 Å². The van der Waals surface area contributed by atoms with Crippen molar-refractivity contribution in [3.05, 3.63) is 64.1 Å². The zero-order chi connectivity index (χ0) is 22.3. The minimum atomic E-state index is -0.842. The average Bonchev–Trinajstić information content (AvgIpc) is 2.70. The Morgan fingerprint density at radius 3 is 2.37 bits per heavy atom. The highest BCUT2D eigenvalue weighted by Crippen LogP contribution is 2.25. The van der Waals surface area contributed by atoms with Crippen LogP contribution in [0, 0.1) is 0 Å². The van der Waals surface area contributed by atoms with E-state index in [0.717, 1.165) is 15.6 Å². The molecule has 0 heterocycles. The summed E-state index contributed by atoms with van der Waals surface area (Å²) in [7, 11) is 1.57. The van der Waals surface area contributed by atoms with E-state index in [1.54, 1.807) is 34.8 Å². The van der Waals surface area contributed by atoms with Crippen LogP contribution in [0.4, 0.5) is 4.79 Å². The number of ether oxygens (including phenoxy) is 3. The number of hydrogen-bond acceptors (Lipinski definition) is 5.